The molecule has 0 radical (unpaired) electrons. The second-order valence-electron chi connectivity index (χ2n) is 5.59. The fourth-order valence-corrected chi connectivity index (χ4v) is 3.29. The number of rotatable bonds is 11. The Labute approximate surface area is 177 Å². The van der Waals surface area contributed by atoms with Gasteiger partial charge in [-0.3, -0.25) is 0 Å². The van der Waals surface area contributed by atoms with Crippen LogP contribution in [0.4, 0.5) is 0 Å². The maximum absolute atomic E-state index is 8.72. The van der Waals surface area contributed by atoms with Crippen molar-refractivity contribution in [2.75, 3.05) is 33.5 Å². The summed E-state index contributed by atoms with van der Waals surface area (Å²) in [6.07, 6.45) is 0. The van der Waals surface area contributed by atoms with Crippen molar-refractivity contribution >= 4 is 39.1 Å². The third kappa shape index (κ3) is 6.82. The molecule has 27 heavy (non-hydrogen) atoms. The molecular weight excluding hydrogens is 457 g/mol. The van der Waals surface area contributed by atoms with Crippen molar-refractivity contribution < 1.29 is 19.3 Å². The van der Waals surface area contributed by atoms with Gasteiger partial charge in [0.1, 0.15) is 6.61 Å². The van der Waals surface area contributed by atoms with Gasteiger partial charge in [0.05, 0.1) is 26.9 Å². The van der Waals surface area contributed by atoms with Crippen LogP contribution in [0, 0.1) is 0 Å². The number of hydrogen-bond acceptors (Lipinski definition) is 5. The second-order valence-corrected chi connectivity index (χ2v) is 7.29. The monoisotopic (exact) mass is 477 g/mol. The first kappa shape index (κ1) is 22.3. The van der Waals surface area contributed by atoms with Gasteiger partial charge >= 0.3 is 0 Å². The first-order chi connectivity index (χ1) is 13.1. The minimum atomic E-state index is 0.0205. The Morgan fingerprint density at radius 1 is 1.15 bits per heavy atom. The van der Waals surface area contributed by atoms with E-state index in [0.717, 1.165) is 15.6 Å². The lowest BCUT2D eigenvalue weighted by Gasteiger charge is -2.17. The van der Waals surface area contributed by atoms with Crippen LogP contribution in [-0.4, -0.2) is 38.6 Å². The Kier molecular flexibility index (Phi) is 9.68. The number of methoxy groups -OCH3 is 1. The van der Waals surface area contributed by atoms with Gasteiger partial charge in [-0.25, -0.2) is 0 Å². The summed E-state index contributed by atoms with van der Waals surface area (Å²) in [5.74, 6) is 1.28. The summed E-state index contributed by atoms with van der Waals surface area (Å²) in [4.78, 5) is 0. The molecule has 5 nitrogen and oxygen atoms in total. The average molecular weight is 479 g/mol. The Morgan fingerprint density at radius 3 is 2.67 bits per heavy atom. The number of ether oxygens (including phenoxy) is 3. The molecule has 0 aliphatic carbocycles. The summed E-state index contributed by atoms with van der Waals surface area (Å²) in [6.45, 7) is 2.36. The maximum Gasteiger partial charge on any atom is 0.167 e. The molecule has 0 aliphatic rings. The summed E-state index contributed by atoms with van der Waals surface area (Å²) in [6, 6.07) is 9.07. The Bertz CT molecular complexity index is 746. The van der Waals surface area contributed by atoms with Crippen LogP contribution in [-0.2, 0) is 17.9 Å². The molecule has 2 rings (SSSR count). The largest absolute Gasteiger partial charge is 0.493 e. The van der Waals surface area contributed by atoms with Crippen LogP contribution in [0.25, 0.3) is 0 Å². The van der Waals surface area contributed by atoms with E-state index in [2.05, 4.69) is 21.2 Å². The van der Waals surface area contributed by atoms with Crippen LogP contribution in [0.1, 0.15) is 11.1 Å². The second kappa shape index (κ2) is 11.7. The standard InChI is InChI=1S/C19H22BrCl2NO4/c1-25-18-5-4-16(20)15(11-23-6-8-26-9-7-24)19(18)27-12-13-2-3-14(21)10-17(13)22/h2-5,10,23-24H,6-9,11-12H2,1H3. The molecule has 2 aromatic carbocycles. The number of nitrogens with one attached hydrogen (secondary N) is 1. The van der Waals surface area contributed by atoms with Gasteiger partial charge in [-0.15, -0.1) is 0 Å². The molecule has 8 heteroatoms. The lowest BCUT2D eigenvalue weighted by atomic mass is 10.1. The smallest absolute Gasteiger partial charge is 0.167 e. The topological polar surface area (TPSA) is 60.0 Å². The highest BCUT2D eigenvalue weighted by Crippen LogP contribution is 2.37. The van der Waals surface area contributed by atoms with Gasteiger partial charge in [0.2, 0.25) is 0 Å². The first-order valence-corrected chi connectivity index (χ1v) is 9.93. The summed E-state index contributed by atoms with van der Waals surface area (Å²) in [7, 11) is 1.60. The van der Waals surface area contributed by atoms with E-state index in [9.17, 15) is 0 Å². The third-order valence-corrected chi connectivity index (χ3v) is 5.06. The number of hydrogen-bond donors (Lipinski definition) is 2. The third-order valence-electron chi connectivity index (χ3n) is 3.73. The number of halogens is 3. The fraction of sp³-hybridized carbons (Fsp3) is 0.368. The van der Waals surface area contributed by atoms with Gasteiger partial charge in [0.25, 0.3) is 0 Å². The molecule has 0 fully saturated rings. The van der Waals surface area contributed by atoms with Crippen molar-refractivity contribution in [3.05, 3.63) is 56.0 Å². The molecule has 0 unspecified atom stereocenters. The molecule has 2 N–H and O–H groups in total. The highest BCUT2D eigenvalue weighted by Gasteiger charge is 2.15. The summed E-state index contributed by atoms with van der Waals surface area (Å²) in [5, 5.41) is 13.1. The molecule has 148 valence electrons. The lowest BCUT2D eigenvalue weighted by Crippen LogP contribution is -2.20. The van der Waals surface area contributed by atoms with Crippen molar-refractivity contribution in [3.63, 3.8) is 0 Å². The van der Waals surface area contributed by atoms with Crippen molar-refractivity contribution in [1.29, 1.82) is 0 Å². The van der Waals surface area contributed by atoms with Gasteiger partial charge in [-0.2, -0.15) is 0 Å². The van der Waals surface area contributed by atoms with Crippen molar-refractivity contribution in [2.24, 2.45) is 0 Å². The molecule has 0 atom stereocenters. The maximum atomic E-state index is 8.72. The fourth-order valence-electron chi connectivity index (χ4n) is 2.38. The van der Waals surface area contributed by atoms with E-state index in [4.69, 9.17) is 42.5 Å². The molecule has 0 bridgehead atoms. The normalized spacial score (nSPS) is 10.9. The molecule has 0 amide bonds. The Balaban J connectivity index is 2.09. The molecule has 2 aromatic rings. The van der Waals surface area contributed by atoms with Crippen molar-refractivity contribution in [3.8, 4) is 11.5 Å². The van der Waals surface area contributed by atoms with E-state index >= 15 is 0 Å². The zero-order chi connectivity index (χ0) is 19.6. The van der Waals surface area contributed by atoms with Crippen molar-refractivity contribution in [1.82, 2.24) is 5.32 Å². The molecular formula is C19H22BrCl2NO4. The number of aliphatic hydroxyl groups excluding tert-OH is 1. The summed E-state index contributed by atoms with van der Waals surface area (Å²) < 4.78 is 17.7. The zero-order valence-corrected chi connectivity index (χ0v) is 18.0. The Hall–Kier alpha value is -1.02. The number of benzene rings is 2. The minimum absolute atomic E-state index is 0.0205. The molecule has 0 saturated carbocycles. The van der Waals surface area contributed by atoms with Gasteiger partial charge in [0, 0.05) is 38.7 Å². The summed E-state index contributed by atoms with van der Waals surface area (Å²) in [5.41, 5.74) is 1.76. The van der Waals surface area contributed by atoms with Crippen LogP contribution >= 0.6 is 39.1 Å². The zero-order valence-electron chi connectivity index (χ0n) is 14.9. The van der Waals surface area contributed by atoms with Crippen LogP contribution in [0.5, 0.6) is 11.5 Å². The van der Waals surface area contributed by atoms with E-state index in [1.54, 1.807) is 19.2 Å². The highest BCUT2D eigenvalue weighted by molar-refractivity contribution is 9.10. The summed E-state index contributed by atoms with van der Waals surface area (Å²) >= 11 is 15.8. The van der Waals surface area contributed by atoms with Gasteiger partial charge in [-0.1, -0.05) is 45.2 Å². The molecule has 0 saturated heterocycles. The van der Waals surface area contributed by atoms with Gasteiger partial charge in [-0.05, 0) is 24.3 Å². The minimum Gasteiger partial charge on any atom is -0.493 e. The SMILES string of the molecule is COc1ccc(Br)c(CNCCOCCO)c1OCc1ccc(Cl)cc1Cl. The van der Waals surface area contributed by atoms with E-state index in [1.807, 2.05) is 18.2 Å². The van der Waals surface area contributed by atoms with Gasteiger partial charge in [0.15, 0.2) is 11.5 Å². The van der Waals surface area contributed by atoms with E-state index in [-0.39, 0.29) is 13.2 Å². The number of aliphatic hydroxyl groups is 1. The average Bonchev–Trinajstić information content (AvgIpc) is 2.65. The molecule has 0 spiro atoms. The van der Waals surface area contributed by atoms with Crippen molar-refractivity contribution in [2.45, 2.75) is 13.2 Å². The predicted molar refractivity (Wildman–Crippen MR) is 111 cm³/mol. The van der Waals surface area contributed by atoms with Crippen LogP contribution in [0.15, 0.2) is 34.8 Å². The van der Waals surface area contributed by atoms with Gasteiger partial charge < -0.3 is 24.6 Å². The first-order valence-electron chi connectivity index (χ1n) is 8.38. The quantitative estimate of drug-likeness (QED) is 0.467. The van der Waals surface area contributed by atoms with Crippen LogP contribution < -0.4 is 14.8 Å². The molecule has 0 aromatic heterocycles. The van der Waals surface area contributed by atoms with Crippen LogP contribution in [0.3, 0.4) is 0 Å². The van der Waals surface area contributed by atoms with Crippen LogP contribution in [0.2, 0.25) is 10.0 Å². The molecule has 0 heterocycles. The highest BCUT2D eigenvalue weighted by atomic mass is 79.9. The molecule has 0 aliphatic heterocycles. The van der Waals surface area contributed by atoms with E-state index in [0.29, 0.717) is 47.8 Å². The van der Waals surface area contributed by atoms with E-state index < -0.39 is 0 Å². The van der Waals surface area contributed by atoms with E-state index in [1.165, 1.54) is 0 Å². The predicted octanol–water partition coefficient (Wildman–Crippen LogP) is 4.44. The lowest BCUT2D eigenvalue weighted by molar-refractivity contribution is 0.0937. The Morgan fingerprint density at radius 2 is 1.96 bits per heavy atom.